The predicted octanol–water partition coefficient (Wildman–Crippen LogP) is 0.249. The van der Waals surface area contributed by atoms with Gasteiger partial charge in [-0.1, -0.05) is 72.9 Å². The van der Waals surface area contributed by atoms with Crippen LogP contribution in [-0.2, 0) is 40.0 Å². The lowest BCUT2D eigenvalue weighted by atomic mass is 9.93. The molecule has 0 aromatic heterocycles. The van der Waals surface area contributed by atoms with Crippen LogP contribution in [0.5, 0.6) is 5.75 Å². The molecule has 3 rings (SSSR count). The molecule has 51 heavy (non-hydrogen) atoms. The average Bonchev–Trinajstić information content (AvgIpc) is 3.62. The average molecular weight is 714 g/mol. The molecule has 15 nitrogen and oxygen atoms in total. The van der Waals surface area contributed by atoms with Crippen molar-refractivity contribution in [2.75, 3.05) is 19.6 Å². The maximum Gasteiger partial charge on any atom is 0.243 e. The first-order valence-corrected chi connectivity index (χ1v) is 18.0. The first kappa shape index (κ1) is 40.7. The number of phenolic OH excluding ortho intramolecular Hbond substituents is 1. The van der Waals surface area contributed by atoms with Crippen molar-refractivity contribution in [1.29, 1.82) is 0 Å². The van der Waals surface area contributed by atoms with E-state index in [0.29, 0.717) is 37.7 Å². The summed E-state index contributed by atoms with van der Waals surface area (Å²) in [6.07, 6.45) is 2.48. The van der Waals surface area contributed by atoms with Crippen LogP contribution in [0.1, 0.15) is 79.2 Å². The quantitative estimate of drug-likeness (QED) is 0.198. The minimum absolute atomic E-state index is 0.00924. The van der Waals surface area contributed by atoms with Gasteiger partial charge >= 0.3 is 0 Å². The number of phenols is 1. The number of carbonyl (C=O) groups excluding carboxylic acids is 7. The van der Waals surface area contributed by atoms with Gasteiger partial charge in [-0.2, -0.15) is 0 Å². The standard InChI is InChI=1S/C36H55N7O8/c1-7-20(4)29-34(49)37-18-27(45)39-25(17-23-12-14-24(44)15-13-23)32(47)38-19-28(46)43-16-10-11-26(43)33(48)40-30(21(5)8-2)35(50)42-31(22(6)9-3)36(51)41-29/h12-15,20-22,25-26,29-31,44H,7-11,16-19H2,1-6H3,(H,37,49)(H,38,47)(H,39,45)(H,40,48)(H,41,51)(H,42,50)/t20-,21-,22+,25+,26+,29+,30+,31-/m1/s1. The minimum atomic E-state index is -1.16. The second kappa shape index (κ2) is 19.1. The maximum absolute atomic E-state index is 13.8. The first-order chi connectivity index (χ1) is 24.2. The molecule has 2 heterocycles. The molecule has 0 spiro atoms. The van der Waals surface area contributed by atoms with E-state index in [4.69, 9.17) is 0 Å². The van der Waals surface area contributed by atoms with Crippen molar-refractivity contribution in [3.8, 4) is 5.75 Å². The zero-order valence-electron chi connectivity index (χ0n) is 30.5. The van der Waals surface area contributed by atoms with Crippen LogP contribution in [-0.4, -0.2) is 101 Å². The van der Waals surface area contributed by atoms with Gasteiger partial charge in [0.25, 0.3) is 0 Å². The van der Waals surface area contributed by atoms with Crippen molar-refractivity contribution in [3.05, 3.63) is 29.8 Å². The van der Waals surface area contributed by atoms with Crippen LogP contribution in [0.15, 0.2) is 24.3 Å². The smallest absolute Gasteiger partial charge is 0.243 e. The fraction of sp³-hybridized carbons (Fsp3) is 0.639. The molecule has 1 aromatic rings. The Hall–Kier alpha value is -4.69. The number of hydrogen-bond acceptors (Lipinski definition) is 8. The number of hydrogen-bond donors (Lipinski definition) is 7. The molecule has 0 radical (unpaired) electrons. The van der Waals surface area contributed by atoms with Crippen molar-refractivity contribution in [2.24, 2.45) is 17.8 Å². The van der Waals surface area contributed by atoms with E-state index in [0.717, 1.165) is 0 Å². The molecule has 15 heteroatoms. The number of nitrogens with zero attached hydrogens (tertiary/aromatic N) is 1. The predicted molar refractivity (Wildman–Crippen MR) is 189 cm³/mol. The zero-order chi connectivity index (χ0) is 37.8. The number of rotatable bonds is 8. The topological polar surface area (TPSA) is 215 Å². The Balaban J connectivity index is 1.99. The lowest BCUT2D eigenvalue weighted by molar-refractivity contribution is -0.140. The van der Waals surface area contributed by atoms with E-state index in [9.17, 15) is 38.7 Å². The van der Waals surface area contributed by atoms with Gasteiger partial charge in [0.2, 0.25) is 41.4 Å². The first-order valence-electron chi connectivity index (χ1n) is 18.0. The van der Waals surface area contributed by atoms with E-state index in [-0.39, 0.29) is 36.5 Å². The van der Waals surface area contributed by atoms with Gasteiger partial charge in [0.1, 0.15) is 36.0 Å². The van der Waals surface area contributed by atoms with Gasteiger partial charge in [0.15, 0.2) is 0 Å². The van der Waals surface area contributed by atoms with E-state index in [2.05, 4.69) is 31.9 Å². The van der Waals surface area contributed by atoms with Gasteiger partial charge in [-0.25, -0.2) is 0 Å². The van der Waals surface area contributed by atoms with Crippen molar-refractivity contribution >= 4 is 41.4 Å². The molecule has 2 aliphatic heterocycles. The summed E-state index contributed by atoms with van der Waals surface area (Å²) in [5, 5.41) is 25.9. The lowest BCUT2D eigenvalue weighted by Gasteiger charge is -2.32. The fourth-order valence-corrected chi connectivity index (χ4v) is 6.17. The number of fused-ring (bicyclic) bond motifs is 1. The van der Waals surface area contributed by atoms with E-state index in [1.54, 1.807) is 26.0 Å². The van der Waals surface area contributed by atoms with Gasteiger partial charge in [-0.3, -0.25) is 33.6 Å². The normalized spacial score (nSPS) is 26.6. The number of amides is 7. The van der Waals surface area contributed by atoms with Crippen LogP contribution >= 0.6 is 0 Å². The molecular weight excluding hydrogens is 658 g/mol. The van der Waals surface area contributed by atoms with E-state index < -0.39 is 84.6 Å². The third kappa shape index (κ3) is 11.1. The molecule has 2 saturated heterocycles. The van der Waals surface area contributed by atoms with Gasteiger partial charge in [-0.05, 0) is 48.3 Å². The Bertz CT molecular complexity index is 1420. The molecule has 0 aliphatic carbocycles. The summed E-state index contributed by atoms with van der Waals surface area (Å²) in [6, 6.07) is 0.925. The summed E-state index contributed by atoms with van der Waals surface area (Å²) in [5.41, 5.74) is 0.611. The molecule has 2 fully saturated rings. The third-order valence-corrected chi connectivity index (χ3v) is 10.1. The van der Waals surface area contributed by atoms with Gasteiger partial charge in [0.05, 0.1) is 13.1 Å². The number of aromatic hydroxyl groups is 1. The van der Waals surface area contributed by atoms with Crippen molar-refractivity contribution in [2.45, 2.75) is 110 Å². The maximum atomic E-state index is 13.8. The Kier molecular flexibility index (Phi) is 15.2. The van der Waals surface area contributed by atoms with E-state index in [1.807, 2.05) is 27.7 Å². The Morgan fingerprint density at radius 3 is 1.69 bits per heavy atom. The second-order valence-corrected chi connectivity index (χ2v) is 13.8. The van der Waals surface area contributed by atoms with Gasteiger partial charge in [0, 0.05) is 13.0 Å². The van der Waals surface area contributed by atoms with Crippen LogP contribution < -0.4 is 31.9 Å². The molecule has 2 aliphatic rings. The van der Waals surface area contributed by atoms with Crippen LogP contribution in [0.2, 0.25) is 0 Å². The van der Waals surface area contributed by atoms with Crippen molar-refractivity contribution in [3.63, 3.8) is 0 Å². The molecule has 8 atom stereocenters. The zero-order valence-corrected chi connectivity index (χ0v) is 30.5. The Labute approximate surface area is 299 Å². The lowest BCUT2D eigenvalue weighted by Crippen LogP contribution is -2.61. The molecule has 282 valence electrons. The largest absolute Gasteiger partial charge is 0.508 e. The molecule has 0 saturated carbocycles. The SMILES string of the molecule is CC[C@@H](C)[C@@H]1NC(=O)[C@@H]([C@@H](C)CC)NC(=O)[C@H]([C@H](C)CC)NC(=O)[C@@H]2CCCN2C(=O)CNC(=O)[C@H](Cc2ccc(O)cc2)NC(=O)CNC1=O. The monoisotopic (exact) mass is 713 g/mol. The highest BCUT2D eigenvalue weighted by atomic mass is 16.3. The second-order valence-electron chi connectivity index (χ2n) is 13.8. The minimum Gasteiger partial charge on any atom is -0.508 e. The highest BCUT2D eigenvalue weighted by Gasteiger charge is 2.39. The van der Waals surface area contributed by atoms with Crippen LogP contribution in [0, 0.1) is 17.8 Å². The van der Waals surface area contributed by atoms with Crippen LogP contribution in [0.4, 0.5) is 0 Å². The van der Waals surface area contributed by atoms with E-state index in [1.165, 1.54) is 17.0 Å². The fourth-order valence-electron chi connectivity index (χ4n) is 6.17. The number of nitrogens with one attached hydrogen (secondary N) is 6. The highest BCUT2D eigenvalue weighted by Crippen LogP contribution is 2.20. The molecule has 0 unspecified atom stereocenters. The number of carbonyl (C=O) groups is 7. The van der Waals surface area contributed by atoms with E-state index >= 15 is 0 Å². The van der Waals surface area contributed by atoms with Crippen molar-refractivity contribution in [1.82, 2.24) is 36.8 Å². The molecule has 1 aromatic carbocycles. The summed E-state index contributed by atoms with van der Waals surface area (Å²) in [7, 11) is 0. The summed E-state index contributed by atoms with van der Waals surface area (Å²) < 4.78 is 0. The molecular formula is C36H55N7O8. The highest BCUT2D eigenvalue weighted by molar-refractivity contribution is 5.97. The molecule has 0 bridgehead atoms. The summed E-state index contributed by atoms with van der Waals surface area (Å²) in [5.74, 6) is -5.15. The summed E-state index contributed by atoms with van der Waals surface area (Å²) in [6.45, 7) is 10.3. The van der Waals surface area contributed by atoms with Crippen LogP contribution in [0.3, 0.4) is 0 Å². The molecule has 7 N–H and O–H groups in total. The van der Waals surface area contributed by atoms with Crippen LogP contribution in [0.25, 0.3) is 0 Å². The Morgan fingerprint density at radius 1 is 0.667 bits per heavy atom. The summed E-state index contributed by atoms with van der Waals surface area (Å²) >= 11 is 0. The third-order valence-electron chi connectivity index (χ3n) is 10.1. The summed E-state index contributed by atoms with van der Waals surface area (Å²) in [4.78, 5) is 96.1. The van der Waals surface area contributed by atoms with Gasteiger partial charge < -0.3 is 41.9 Å². The van der Waals surface area contributed by atoms with Gasteiger partial charge in [-0.15, -0.1) is 0 Å². The van der Waals surface area contributed by atoms with Crippen molar-refractivity contribution < 1.29 is 38.7 Å². The molecule has 7 amide bonds. The Morgan fingerprint density at radius 2 is 1.16 bits per heavy atom. The number of benzene rings is 1.